The summed E-state index contributed by atoms with van der Waals surface area (Å²) in [6.45, 7) is 1.90. The van der Waals surface area contributed by atoms with Gasteiger partial charge in [-0.3, -0.25) is 14.5 Å². The molecule has 6 heteroatoms. The summed E-state index contributed by atoms with van der Waals surface area (Å²) in [6.07, 6.45) is 1.96. The molecule has 2 heterocycles. The van der Waals surface area contributed by atoms with Crippen molar-refractivity contribution >= 4 is 11.8 Å². The molecule has 0 spiro atoms. The summed E-state index contributed by atoms with van der Waals surface area (Å²) in [7, 11) is 1.77. The van der Waals surface area contributed by atoms with Gasteiger partial charge < -0.3 is 14.6 Å². The van der Waals surface area contributed by atoms with Crippen molar-refractivity contribution < 1.29 is 14.0 Å². The Bertz CT molecular complexity index is 700. The molecule has 1 aromatic carbocycles. The first-order chi connectivity index (χ1) is 12.1. The number of hydrogen-bond donors (Lipinski definition) is 1. The molecule has 3 rings (SSSR count). The van der Waals surface area contributed by atoms with Crippen LogP contribution in [0.4, 0.5) is 0 Å². The third kappa shape index (κ3) is 4.48. The third-order valence-electron chi connectivity index (χ3n) is 4.46. The Hall–Kier alpha value is -2.60. The summed E-state index contributed by atoms with van der Waals surface area (Å²) in [6, 6.07) is 13.5. The molecule has 0 radical (unpaired) electrons. The van der Waals surface area contributed by atoms with E-state index in [2.05, 4.69) is 10.2 Å². The first-order valence-corrected chi connectivity index (χ1v) is 8.45. The fourth-order valence-corrected chi connectivity index (χ4v) is 3.08. The van der Waals surface area contributed by atoms with Gasteiger partial charge in [-0.2, -0.15) is 0 Å². The molecular weight excluding hydrogens is 318 g/mol. The van der Waals surface area contributed by atoms with Gasteiger partial charge in [0.2, 0.25) is 11.8 Å². The average molecular weight is 341 g/mol. The maximum absolute atomic E-state index is 12.6. The van der Waals surface area contributed by atoms with E-state index in [1.807, 2.05) is 42.5 Å². The predicted octanol–water partition coefficient (Wildman–Crippen LogP) is 1.80. The zero-order valence-electron chi connectivity index (χ0n) is 14.4. The summed E-state index contributed by atoms with van der Waals surface area (Å²) < 4.78 is 5.31. The molecule has 1 aliphatic heterocycles. The Morgan fingerprint density at radius 1 is 1.28 bits per heavy atom. The summed E-state index contributed by atoms with van der Waals surface area (Å²) in [5, 5.41) is 2.89. The number of rotatable bonds is 5. The molecule has 2 aromatic rings. The highest BCUT2D eigenvalue weighted by Gasteiger charge is 2.28. The van der Waals surface area contributed by atoms with Crippen molar-refractivity contribution in [2.45, 2.75) is 19.0 Å². The van der Waals surface area contributed by atoms with E-state index in [0.717, 1.165) is 11.3 Å². The summed E-state index contributed by atoms with van der Waals surface area (Å²) in [4.78, 5) is 28.4. The number of carbonyl (C=O) groups is 2. The van der Waals surface area contributed by atoms with Gasteiger partial charge >= 0.3 is 0 Å². The molecule has 132 valence electrons. The van der Waals surface area contributed by atoms with Crippen molar-refractivity contribution in [3.8, 4) is 0 Å². The molecule has 0 bridgehead atoms. The van der Waals surface area contributed by atoms with Crippen molar-refractivity contribution in [2.24, 2.45) is 0 Å². The third-order valence-corrected chi connectivity index (χ3v) is 4.46. The van der Waals surface area contributed by atoms with E-state index in [0.29, 0.717) is 26.1 Å². The molecule has 1 atom stereocenters. The lowest BCUT2D eigenvalue weighted by atomic mass is 10.0. The fourth-order valence-electron chi connectivity index (χ4n) is 3.08. The van der Waals surface area contributed by atoms with E-state index in [-0.39, 0.29) is 24.4 Å². The maximum Gasteiger partial charge on any atom is 0.236 e. The van der Waals surface area contributed by atoms with Crippen LogP contribution in [0, 0.1) is 0 Å². The molecule has 1 aromatic heterocycles. The Morgan fingerprint density at radius 2 is 2.08 bits per heavy atom. The van der Waals surface area contributed by atoms with E-state index in [4.69, 9.17) is 4.42 Å². The maximum atomic E-state index is 12.6. The Labute approximate surface area is 147 Å². The predicted molar refractivity (Wildman–Crippen MR) is 93.6 cm³/mol. The number of likely N-dealkylation sites (N-methyl/N-ethyl adjacent to an activating group) is 1. The van der Waals surface area contributed by atoms with Gasteiger partial charge in [-0.05, 0) is 17.7 Å². The first kappa shape index (κ1) is 17.2. The lowest BCUT2D eigenvalue weighted by molar-refractivity contribution is -0.132. The lowest BCUT2D eigenvalue weighted by Gasteiger charge is -2.30. The van der Waals surface area contributed by atoms with E-state index in [1.165, 1.54) is 0 Å². The van der Waals surface area contributed by atoms with E-state index >= 15 is 0 Å². The molecule has 25 heavy (non-hydrogen) atoms. The van der Waals surface area contributed by atoms with Crippen molar-refractivity contribution in [3.63, 3.8) is 0 Å². The summed E-state index contributed by atoms with van der Waals surface area (Å²) >= 11 is 0. The van der Waals surface area contributed by atoms with Gasteiger partial charge in [-0.25, -0.2) is 0 Å². The normalized spacial score (nSPS) is 18.4. The zero-order chi connectivity index (χ0) is 17.6. The highest BCUT2D eigenvalue weighted by Crippen LogP contribution is 2.25. The minimum Gasteiger partial charge on any atom is -0.467 e. The molecule has 0 saturated carbocycles. The second-order valence-electron chi connectivity index (χ2n) is 6.28. The van der Waals surface area contributed by atoms with Gasteiger partial charge in [0.1, 0.15) is 5.76 Å². The van der Waals surface area contributed by atoms with Gasteiger partial charge in [0.25, 0.3) is 0 Å². The minimum absolute atomic E-state index is 0.00619. The number of carbonyl (C=O) groups excluding carboxylic acids is 2. The van der Waals surface area contributed by atoms with E-state index < -0.39 is 0 Å². The molecule has 6 nitrogen and oxygen atoms in total. The Kier molecular flexibility index (Phi) is 5.50. The highest BCUT2D eigenvalue weighted by atomic mass is 16.3. The van der Waals surface area contributed by atoms with E-state index in [1.54, 1.807) is 18.2 Å². The van der Waals surface area contributed by atoms with Crippen molar-refractivity contribution in [3.05, 3.63) is 60.1 Å². The second kappa shape index (κ2) is 7.98. The standard InChI is InChI=1S/C19H23N3O3/c1-21(13-16-8-5-11-25-16)19(24)14-22-10-9-20-18(23)12-17(22)15-6-3-2-4-7-15/h2-8,11,17H,9-10,12-14H2,1H3,(H,20,23). The SMILES string of the molecule is CN(Cc1ccco1)C(=O)CN1CCNC(=O)CC1c1ccccc1. The number of furan rings is 1. The van der Waals surface area contributed by atoms with Crippen molar-refractivity contribution in [2.75, 3.05) is 26.7 Å². The van der Waals surface area contributed by atoms with Gasteiger partial charge in [0, 0.05) is 32.6 Å². The Balaban J connectivity index is 1.71. The minimum atomic E-state index is -0.0929. The average Bonchev–Trinajstić information content (AvgIpc) is 3.05. The lowest BCUT2D eigenvalue weighted by Crippen LogP contribution is -2.40. The Morgan fingerprint density at radius 3 is 2.80 bits per heavy atom. The van der Waals surface area contributed by atoms with Gasteiger partial charge in [-0.15, -0.1) is 0 Å². The summed E-state index contributed by atoms with van der Waals surface area (Å²) in [5.41, 5.74) is 1.06. The van der Waals surface area contributed by atoms with Crippen LogP contribution in [0.25, 0.3) is 0 Å². The number of nitrogens with one attached hydrogen (secondary N) is 1. The van der Waals surface area contributed by atoms with Gasteiger partial charge in [0.05, 0.1) is 19.4 Å². The number of benzene rings is 1. The van der Waals surface area contributed by atoms with Crippen LogP contribution in [-0.2, 0) is 16.1 Å². The van der Waals surface area contributed by atoms with Crippen LogP contribution >= 0.6 is 0 Å². The van der Waals surface area contributed by atoms with Crippen LogP contribution in [0.2, 0.25) is 0 Å². The van der Waals surface area contributed by atoms with E-state index in [9.17, 15) is 9.59 Å². The van der Waals surface area contributed by atoms with Crippen LogP contribution < -0.4 is 5.32 Å². The van der Waals surface area contributed by atoms with Crippen molar-refractivity contribution in [1.82, 2.24) is 15.1 Å². The fraction of sp³-hybridized carbons (Fsp3) is 0.368. The topological polar surface area (TPSA) is 65.8 Å². The second-order valence-corrected chi connectivity index (χ2v) is 6.28. The monoisotopic (exact) mass is 341 g/mol. The molecular formula is C19H23N3O3. The van der Waals surface area contributed by atoms with Gasteiger partial charge in [-0.1, -0.05) is 30.3 Å². The quantitative estimate of drug-likeness (QED) is 0.901. The first-order valence-electron chi connectivity index (χ1n) is 8.45. The smallest absolute Gasteiger partial charge is 0.236 e. The molecule has 1 saturated heterocycles. The summed E-state index contributed by atoms with van der Waals surface area (Å²) in [5.74, 6) is 0.780. The van der Waals surface area contributed by atoms with Gasteiger partial charge in [0.15, 0.2) is 0 Å². The molecule has 0 aliphatic carbocycles. The number of hydrogen-bond acceptors (Lipinski definition) is 4. The van der Waals surface area contributed by atoms with Crippen LogP contribution in [0.15, 0.2) is 53.1 Å². The molecule has 1 unspecified atom stereocenters. The highest BCUT2D eigenvalue weighted by molar-refractivity contribution is 5.79. The van der Waals surface area contributed by atoms with Crippen molar-refractivity contribution in [1.29, 1.82) is 0 Å². The van der Waals surface area contributed by atoms with Crippen LogP contribution in [0.1, 0.15) is 23.8 Å². The molecule has 1 N–H and O–H groups in total. The molecule has 1 fully saturated rings. The largest absolute Gasteiger partial charge is 0.467 e. The van der Waals surface area contributed by atoms with Crippen LogP contribution in [-0.4, -0.2) is 48.3 Å². The molecule has 1 aliphatic rings. The molecule has 2 amide bonds. The zero-order valence-corrected chi connectivity index (χ0v) is 14.4. The number of amides is 2. The van der Waals surface area contributed by atoms with Crippen LogP contribution in [0.3, 0.4) is 0 Å². The number of nitrogens with zero attached hydrogens (tertiary/aromatic N) is 2. The van der Waals surface area contributed by atoms with Crippen LogP contribution in [0.5, 0.6) is 0 Å².